The Hall–Kier alpha value is -1.97. The average Bonchev–Trinajstić information content (AvgIpc) is 2.55. The third kappa shape index (κ3) is 4.76. The van der Waals surface area contributed by atoms with Crippen molar-refractivity contribution in [2.45, 2.75) is 13.8 Å². The molecule has 0 heterocycles. The Morgan fingerprint density at radius 3 is 2.67 bits per heavy atom. The Morgan fingerprint density at radius 1 is 1.17 bits per heavy atom. The van der Waals surface area contributed by atoms with Crippen molar-refractivity contribution in [3.63, 3.8) is 0 Å². The number of benzene rings is 2. The predicted octanol–water partition coefficient (Wildman–Crippen LogP) is 6.02. The largest absolute Gasteiger partial charge is 0.490 e. The maximum absolute atomic E-state index is 6.32. The Balaban J connectivity index is 2.34. The highest BCUT2D eigenvalue weighted by Gasteiger charge is 2.11. The molecule has 0 saturated heterocycles. The van der Waals surface area contributed by atoms with Gasteiger partial charge in [0.1, 0.15) is 6.61 Å². The Kier molecular flexibility index (Phi) is 6.71. The van der Waals surface area contributed by atoms with Crippen LogP contribution in [0.25, 0.3) is 0 Å². The number of aryl methyl sites for hydroxylation is 1. The number of nitrogens with zero attached hydrogens (tertiary/aromatic N) is 1. The summed E-state index contributed by atoms with van der Waals surface area (Å²) in [6.45, 7) is 8.38. The molecule has 5 heteroatoms. The van der Waals surface area contributed by atoms with Crippen LogP contribution in [-0.2, 0) is 0 Å². The minimum atomic E-state index is 0.356. The van der Waals surface area contributed by atoms with Crippen LogP contribution in [0, 0.1) is 6.92 Å². The number of hydrogen-bond acceptors (Lipinski definition) is 3. The zero-order valence-corrected chi connectivity index (χ0v) is 15.2. The lowest BCUT2D eigenvalue weighted by Crippen LogP contribution is -2.00. The third-order valence-electron chi connectivity index (χ3n) is 3.20. The van der Waals surface area contributed by atoms with E-state index in [1.54, 1.807) is 18.4 Å². The van der Waals surface area contributed by atoms with Gasteiger partial charge in [-0.15, -0.1) is 0 Å². The Bertz CT molecular complexity index is 757. The van der Waals surface area contributed by atoms with Gasteiger partial charge in [-0.2, -0.15) is 0 Å². The van der Waals surface area contributed by atoms with E-state index < -0.39 is 0 Å². The van der Waals surface area contributed by atoms with Crippen molar-refractivity contribution in [2.24, 2.45) is 4.99 Å². The zero-order chi connectivity index (χ0) is 17.5. The van der Waals surface area contributed by atoms with Crippen molar-refractivity contribution in [3.8, 4) is 11.5 Å². The number of ether oxygens (including phenoxy) is 2. The van der Waals surface area contributed by atoms with Gasteiger partial charge in [0, 0.05) is 11.2 Å². The molecule has 0 spiro atoms. The van der Waals surface area contributed by atoms with Gasteiger partial charge in [-0.25, -0.2) is 0 Å². The molecule has 126 valence electrons. The normalized spacial score (nSPS) is 10.8. The summed E-state index contributed by atoms with van der Waals surface area (Å²) in [5.41, 5.74) is 2.66. The minimum Gasteiger partial charge on any atom is -0.490 e. The molecule has 0 fully saturated rings. The lowest BCUT2D eigenvalue weighted by Gasteiger charge is -2.13. The highest BCUT2D eigenvalue weighted by atomic mass is 35.5. The smallest absolute Gasteiger partial charge is 0.180 e. The fourth-order valence-electron chi connectivity index (χ4n) is 2.07. The molecule has 0 radical (unpaired) electrons. The van der Waals surface area contributed by atoms with E-state index in [9.17, 15) is 0 Å². The van der Waals surface area contributed by atoms with E-state index in [-0.39, 0.29) is 0 Å². The van der Waals surface area contributed by atoms with E-state index in [0.717, 1.165) is 16.8 Å². The van der Waals surface area contributed by atoms with Gasteiger partial charge in [0.25, 0.3) is 0 Å². The quantitative estimate of drug-likeness (QED) is 0.445. The van der Waals surface area contributed by atoms with Crippen molar-refractivity contribution in [3.05, 3.63) is 64.2 Å². The summed E-state index contributed by atoms with van der Waals surface area (Å²) in [6.07, 6.45) is 3.38. The van der Waals surface area contributed by atoms with Crippen LogP contribution in [0.3, 0.4) is 0 Å². The molecule has 0 aliphatic carbocycles. The van der Waals surface area contributed by atoms with Crippen molar-refractivity contribution in [1.82, 2.24) is 0 Å². The van der Waals surface area contributed by atoms with Gasteiger partial charge in [-0.3, -0.25) is 4.99 Å². The first kappa shape index (κ1) is 18.4. The van der Waals surface area contributed by atoms with Gasteiger partial charge in [0.2, 0.25) is 0 Å². The molecule has 2 aromatic rings. The zero-order valence-electron chi connectivity index (χ0n) is 13.7. The molecule has 3 nitrogen and oxygen atoms in total. The third-order valence-corrected chi connectivity index (χ3v) is 3.72. The summed E-state index contributed by atoms with van der Waals surface area (Å²) in [7, 11) is 0. The molecule has 0 aromatic heterocycles. The van der Waals surface area contributed by atoms with E-state index in [0.29, 0.717) is 34.8 Å². The second kappa shape index (κ2) is 8.76. The average molecular weight is 364 g/mol. The van der Waals surface area contributed by atoms with Crippen LogP contribution in [0.2, 0.25) is 10.0 Å². The molecular formula is C19H19Cl2NO2. The molecule has 2 aromatic carbocycles. The summed E-state index contributed by atoms with van der Waals surface area (Å²) >= 11 is 12.3. The summed E-state index contributed by atoms with van der Waals surface area (Å²) < 4.78 is 11.2. The van der Waals surface area contributed by atoms with E-state index >= 15 is 0 Å². The Morgan fingerprint density at radius 2 is 1.96 bits per heavy atom. The standard InChI is InChI=1S/C19H19Cl2NO2/c1-4-8-24-19-16(21)9-14(10-18(19)23-5-2)12-22-17-11-15(20)7-6-13(17)3/h4,6-7,9-12H,1,5,8H2,2-3H3. The molecule has 0 N–H and O–H groups in total. The van der Waals surface area contributed by atoms with E-state index in [2.05, 4.69) is 11.6 Å². The molecule has 24 heavy (non-hydrogen) atoms. The molecule has 0 atom stereocenters. The van der Waals surface area contributed by atoms with Crippen molar-refractivity contribution >= 4 is 35.1 Å². The van der Waals surface area contributed by atoms with Gasteiger partial charge in [0.15, 0.2) is 11.5 Å². The number of hydrogen-bond donors (Lipinski definition) is 0. The maximum atomic E-state index is 6.32. The number of aliphatic imine (C=N–C) groups is 1. The number of halogens is 2. The molecule has 2 rings (SSSR count). The monoisotopic (exact) mass is 363 g/mol. The first-order valence-electron chi connectivity index (χ1n) is 7.55. The van der Waals surface area contributed by atoms with Gasteiger partial charge in [-0.1, -0.05) is 41.9 Å². The topological polar surface area (TPSA) is 30.8 Å². The Labute approximate surface area is 152 Å². The van der Waals surface area contributed by atoms with Crippen LogP contribution in [-0.4, -0.2) is 19.4 Å². The fourth-order valence-corrected chi connectivity index (χ4v) is 2.51. The highest BCUT2D eigenvalue weighted by Crippen LogP contribution is 2.36. The van der Waals surface area contributed by atoms with Crippen LogP contribution < -0.4 is 9.47 Å². The van der Waals surface area contributed by atoms with Gasteiger partial charge >= 0.3 is 0 Å². The van der Waals surface area contributed by atoms with Gasteiger partial charge < -0.3 is 9.47 Å². The summed E-state index contributed by atoms with van der Waals surface area (Å²) in [6, 6.07) is 9.22. The van der Waals surface area contributed by atoms with Crippen LogP contribution in [0.5, 0.6) is 11.5 Å². The van der Waals surface area contributed by atoms with Crippen molar-refractivity contribution in [2.75, 3.05) is 13.2 Å². The molecule has 0 bridgehead atoms. The van der Waals surface area contributed by atoms with E-state index in [1.807, 2.05) is 38.1 Å². The summed E-state index contributed by atoms with van der Waals surface area (Å²) in [5, 5.41) is 1.11. The van der Waals surface area contributed by atoms with Crippen molar-refractivity contribution < 1.29 is 9.47 Å². The molecular weight excluding hydrogens is 345 g/mol. The fraction of sp³-hybridized carbons (Fsp3) is 0.211. The maximum Gasteiger partial charge on any atom is 0.180 e. The second-order valence-corrected chi connectivity index (χ2v) is 5.90. The molecule has 0 amide bonds. The molecule has 0 unspecified atom stereocenters. The highest BCUT2D eigenvalue weighted by molar-refractivity contribution is 6.32. The van der Waals surface area contributed by atoms with E-state index in [1.165, 1.54) is 0 Å². The summed E-state index contributed by atoms with van der Waals surface area (Å²) in [4.78, 5) is 4.49. The van der Waals surface area contributed by atoms with Crippen LogP contribution in [0.1, 0.15) is 18.1 Å². The van der Waals surface area contributed by atoms with Crippen LogP contribution in [0.15, 0.2) is 48.0 Å². The minimum absolute atomic E-state index is 0.356. The van der Waals surface area contributed by atoms with E-state index in [4.69, 9.17) is 32.7 Å². The first-order chi connectivity index (χ1) is 11.5. The first-order valence-corrected chi connectivity index (χ1v) is 8.31. The van der Waals surface area contributed by atoms with Crippen LogP contribution >= 0.6 is 23.2 Å². The lowest BCUT2D eigenvalue weighted by molar-refractivity contribution is 0.297. The molecule has 0 aliphatic heterocycles. The number of rotatable bonds is 7. The summed E-state index contributed by atoms with van der Waals surface area (Å²) in [5.74, 6) is 1.09. The lowest BCUT2D eigenvalue weighted by atomic mass is 10.2. The second-order valence-electron chi connectivity index (χ2n) is 5.05. The van der Waals surface area contributed by atoms with Crippen LogP contribution in [0.4, 0.5) is 5.69 Å². The molecule has 0 saturated carbocycles. The van der Waals surface area contributed by atoms with Crippen molar-refractivity contribution in [1.29, 1.82) is 0 Å². The molecule has 0 aliphatic rings. The van der Waals surface area contributed by atoms with Gasteiger partial charge in [0.05, 0.1) is 17.3 Å². The SMILES string of the molecule is C=CCOc1c(Cl)cc(C=Nc2cc(Cl)ccc2C)cc1OCC. The predicted molar refractivity (Wildman–Crippen MR) is 102 cm³/mol. The van der Waals surface area contributed by atoms with Gasteiger partial charge in [-0.05, 0) is 49.2 Å².